The zero-order valence-corrected chi connectivity index (χ0v) is 17.6. The molecule has 7 heteroatoms. The average molecular weight is 415 g/mol. The molecule has 1 fully saturated rings. The Morgan fingerprint density at radius 2 is 1.80 bits per heavy atom. The average Bonchev–Trinajstić information content (AvgIpc) is 2.81. The molecule has 2 aromatic carbocycles. The van der Waals surface area contributed by atoms with Crippen molar-refractivity contribution in [2.45, 2.75) is 18.9 Å². The van der Waals surface area contributed by atoms with Crippen molar-refractivity contribution in [3.63, 3.8) is 0 Å². The second-order valence-corrected chi connectivity index (χ2v) is 7.20. The number of aliphatic hydroxyl groups is 1. The summed E-state index contributed by atoms with van der Waals surface area (Å²) in [5.74, 6) is 1.20. The lowest BCUT2D eigenvalue weighted by molar-refractivity contribution is -0.121. The number of nitrogens with zero attached hydrogens (tertiary/aromatic N) is 1. The van der Waals surface area contributed by atoms with Crippen molar-refractivity contribution >= 4 is 11.6 Å². The van der Waals surface area contributed by atoms with Crippen LogP contribution in [0.4, 0.5) is 5.69 Å². The van der Waals surface area contributed by atoms with E-state index >= 15 is 0 Å². The fraction of sp³-hybridized carbons (Fsp3) is 0.435. The van der Waals surface area contributed by atoms with Gasteiger partial charge < -0.3 is 29.5 Å². The van der Waals surface area contributed by atoms with Crippen LogP contribution >= 0.6 is 0 Å². The number of hydrogen-bond donors (Lipinski definition) is 2. The van der Waals surface area contributed by atoms with E-state index in [2.05, 4.69) is 10.2 Å². The molecule has 0 aromatic heterocycles. The molecule has 2 aromatic rings. The van der Waals surface area contributed by atoms with E-state index in [0.29, 0.717) is 24.3 Å². The topological polar surface area (TPSA) is 80.3 Å². The van der Waals surface area contributed by atoms with Gasteiger partial charge in [0, 0.05) is 31.7 Å². The molecular formula is C23H30N2O5. The second-order valence-electron chi connectivity index (χ2n) is 7.20. The molecule has 1 heterocycles. The van der Waals surface area contributed by atoms with Crippen molar-refractivity contribution in [3.05, 3.63) is 53.6 Å². The highest BCUT2D eigenvalue weighted by Gasteiger charge is 2.14. The van der Waals surface area contributed by atoms with E-state index in [1.54, 1.807) is 14.2 Å². The normalized spacial score (nSPS) is 14.8. The molecule has 1 unspecified atom stereocenters. The van der Waals surface area contributed by atoms with Crippen LogP contribution in [0.25, 0.3) is 0 Å². The molecule has 1 saturated heterocycles. The number of carbonyl (C=O) groups excluding carboxylic acids is 1. The van der Waals surface area contributed by atoms with E-state index in [0.717, 1.165) is 43.1 Å². The van der Waals surface area contributed by atoms with Crippen LogP contribution in [0.5, 0.6) is 11.5 Å². The van der Waals surface area contributed by atoms with Crippen LogP contribution in [-0.2, 0) is 16.0 Å². The Labute approximate surface area is 177 Å². The molecule has 1 amide bonds. The number of ether oxygens (including phenoxy) is 3. The van der Waals surface area contributed by atoms with Crippen molar-refractivity contribution in [1.29, 1.82) is 0 Å². The smallest absolute Gasteiger partial charge is 0.220 e. The summed E-state index contributed by atoms with van der Waals surface area (Å²) in [6, 6.07) is 13.4. The molecule has 1 atom stereocenters. The minimum Gasteiger partial charge on any atom is -0.493 e. The molecule has 0 radical (unpaired) electrons. The van der Waals surface area contributed by atoms with Crippen molar-refractivity contribution in [3.8, 4) is 11.5 Å². The Kier molecular flexibility index (Phi) is 7.93. The van der Waals surface area contributed by atoms with Gasteiger partial charge in [0.1, 0.15) is 0 Å². The van der Waals surface area contributed by atoms with Gasteiger partial charge >= 0.3 is 0 Å². The highest BCUT2D eigenvalue weighted by atomic mass is 16.5. The van der Waals surface area contributed by atoms with E-state index in [1.807, 2.05) is 42.5 Å². The lowest BCUT2D eigenvalue weighted by Crippen LogP contribution is -2.36. The molecule has 2 N–H and O–H groups in total. The Morgan fingerprint density at radius 3 is 2.47 bits per heavy atom. The van der Waals surface area contributed by atoms with Crippen molar-refractivity contribution in [2.75, 3.05) is 52.0 Å². The first-order valence-corrected chi connectivity index (χ1v) is 10.2. The summed E-state index contributed by atoms with van der Waals surface area (Å²) in [4.78, 5) is 14.5. The molecular weight excluding hydrogens is 384 g/mol. The zero-order valence-electron chi connectivity index (χ0n) is 17.6. The third-order valence-corrected chi connectivity index (χ3v) is 5.24. The highest BCUT2D eigenvalue weighted by molar-refractivity contribution is 5.76. The summed E-state index contributed by atoms with van der Waals surface area (Å²) < 4.78 is 15.9. The van der Waals surface area contributed by atoms with Crippen molar-refractivity contribution in [2.24, 2.45) is 0 Å². The molecule has 0 saturated carbocycles. The first-order chi connectivity index (χ1) is 14.6. The summed E-state index contributed by atoms with van der Waals surface area (Å²) in [7, 11) is 3.18. The van der Waals surface area contributed by atoms with Gasteiger partial charge in [-0.1, -0.05) is 18.2 Å². The molecule has 0 bridgehead atoms. The van der Waals surface area contributed by atoms with Gasteiger partial charge in [-0.05, 0) is 41.8 Å². The predicted molar refractivity (Wildman–Crippen MR) is 115 cm³/mol. The third kappa shape index (κ3) is 5.87. The maximum atomic E-state index is 12.2. The number of nitrogens with one attached hydrogen (secondary N) is 1. The Morgan fingerprint density at radius 1 is 1.10 bits per heavy atom. The minimum absolute atomic E-state index is 0.103. The monoisotopic (exact) mass is 414 g/mol. The van der Waals surface area contributed by atoms with Gasteiger partial charge in [0.05, 0.1) is 33.5 Å². The molecule has 7 nitrogen and oxygen atoms in total. The van der Waals surface area contributed by atoms with Gasteiger partial charge in [-0.15, -0.1) is 0 Å². The molecule has 0 spiro atoms. The number of rotatable bonds is 9. The number of aryl methyl sites for hydroxylation is 1. The fourth-order valence-corrected chi connectivity index (χ4v) is 3.44. The van der Waals surface area contributed by atoms with Gasteiger partial charge in [0.2, 0.25) is 5.91 Å². The van der Waals surface area contributed by atoms with Gasteiger partial charge in [0.25, 0.3) is 0 Å². The summed E-state index contributed by atoms with van der Waals surface area (Å²) in [5, 5.41) is 13.2. The third-order valence-electron chi connectivity index (χ3n) is 5.24. The molecule has 1 aliphatic heterocycles. The first-order valence-electron chi connectivity index (χ1n) is 10.2. The molecule has 3 rings (SSSR count). The largest absolute Gasteiger partial charge is 0.493 e. The maximum Gasteiger partial charge on any atom is 0.220 e. The summed E-state index contributed by atoms with van der Waals surface area (Å²) in [6.07, 6.45) is 0.170. The van der Waals surface area contributed by atoms with E-state index in [9.17, 15) is 9.90 Å². The lowest BCUT2D eigenvalue weighted by Gasteiger charge is -2.29. The van der Waals surface area contributed by atoms with Crippen molar-refractivity contribution in [1.82, 2.24) is 5.32 Å². The number of morpholine rings is 1. The van der Waals surface area contributed by atoms with E-state index < -0.39 is 6.10 Å². The highest BCUT2D eigenvalue weighted by Crippen LogP contribution is 2.28. The Hall–Kier alpha value is -2.77. The number of anilines is 1. The maximum absolute atomic E-state index is 12.2. The van der Waals surface area contributed by atoms with Crippen molar-refractivity contribution < 1.29 is 24.1 Å². The number of benzene rings is 2. The molecule has 162 valence electrons. The lowest BCUT2D eigenvalue weighted by atomic mass is 10.1. The number of methoxy groups -OCH3 is 2. The van der Waals surface area contributed by atoms with E-state index in [-0.39, 0.29) is 12.5 Å². The van der Waals surface area contributed by atoms with Crippen LogP contribution in [0.2, 0.25) is 0 Å². The summed E-state index contributed by atoms with van der Waals surface area (Å²) in [5.41, 5.74) is 2.89. The van der Waals surface area contributed by atoms with Gasteiger partial charge in [-0.2, -0.15) is 0 Å². The van der Waals surface area contributed by atoms with Gasteiger partial charge in [-0.25, -0.2) is 0 Å². The van der Waals surface area contributed by atoms with E-state index in [1.165, 1.54) is 0 Å². The summed E-state index contributed by atoms with van der Waals surface area (Å²) >= 11 is 0. The van der Waals surface area contributed by atoms with Crippen LogP contribution in [0, 0.1) is 0 Å². The standard InChI is InChI=1S/C23H30N2O5/c1-28-21-9-3-17(15-22(21)29-2)4-10-23(27)24-16-20(26)18-5-7-19(8-6-18)25-11-13-30-14-12-25/h3,5-9,15,20,26H,4,10-14,16H2,1-2H3,(H,24,27). The molecule has 1 aliphatic rings. The Bertz CT molecular complexity index is 819. The Balaban J connectivity index is 1.45. The zero-order chi connectivity index (χ0) is 21.3. The number of carbonyl (C=O) groups is 1. The first kappa shape index (κ1) is 21.9. The summed E-state index contributed by atoms with van der Waals surface area (Å²) in [6.45, 7) is 3.40. The predicted octanol–water partition coefficient (Wildman–Crippen LogP) is 2.32. The van der Waals surface area contributed by atoms with Crippen LogP contribution < -0.4 is 19.7 Å². The number of aliphatic hydroxyl groups excluding tert-OH is 1. The second kappa shape index (κ2) is 10.8. The SMILES string of the molecule is COc1ccc(CCC(=O)NCC(O)c2ccc(N3CCOCC3)cc2)cc1OC. The van der Waals surface area contributed by atoms with Crippen LogP contribution in [0.1, 0.15) is 23.7 Å². The minimum atomic E-state index is -0.742. The van der Waals surface area contributed by atoms with E-state index in [4.69, 9.17) is 14.2 Å². The van der Waals surface area contributed by atoms with Crippen LogP contribution in [-0.4, -0.2) is 58.1 Å². The van der Waals surface area contributed by atoms with Gasteiger partial charge in [0.15, 0.2) is 11.5 Å². The van der Waals surface area contributed by atoms with Crippen LogP contribution in [0.3, 0.4) is 0 Å². The van der Waals surface area contributed by atoms with Crippen LogP contribution in [0.15, 0.2) is 42.5 Å². The van der Waals surface area contributed by atoms with Gasteiger partial charge in [-0.3, -0.25) is 4.79 Å². The fourth-order valence-electron chi connectivity index (χ4n) is 3.44. The quantitative estimate of drug-likeness (QED) is 0.656. The number of hydrogen-bond acceptors (Lipinski definition) is 6. The molecule has 0 aliphatic carbocycles. The molecule has 30 heavy (non-hydrogen) atoms. The number of amides is 1.